The van der Waals surface area contributed by atoms with Crippen LogP contribution in [0.3, 0.4) is 0 Å². The fourth-order valence-electron chi connectivity index (χ4n) is 3.12. The molecule has 2 aromatic carbocycles. The van der Waals surface area contributed by atoms with Gasteiger partial charge in [0.2, 0.25) is 0 Å². The number of carbonyl (C=O) groups excluding carboxylic acids is 1. The van der Waals surface area contributed by atoms with E-state index < -0.39 is 4.92 Å². The van der Waals surface area contributed by atoms with Crippen molar-refractivity contribution in [3.8, 4) is 0 Å². The van der Waals surface area contributed by atoms with E-state index in [1.165, 1.54) is 6.07 Å². The average Bonchev–Trinajstić information content (AvgIpc) is 3.14. The Kier molecular flexibility index (Phi) is 6.57. The molecule has 2 N–H and O–H groups in total. The van der Waals surface area contributed by atoms with E-state index in [2.05, 4.69) is 15.7 Å². The lowest BCUT2D eigenvalue weighted by Crippen LogP contribution is -2.29. The van der Waals surface area contributed by atoms with Gasteiger partial charge in [-0.3, -0.25) is 19.6 Å². The van der Waals surface area contributed by atoms with E-state index in [1.807, 2.05) is 41.9 Å². The molecule has 150 valence electrons. The molecule has 29 heavy (non-hydrogen) atoms. The van der Waals surface area contributed by atoms with Gasteiger partial charge in [0.05, 0.1) is 28.9 Å². The van der Waals surface area contributed by atoms with E-state index in [9.17, 15) is 14.9 Å². The molecule has 0 bridgehead atoms. The zero-order chi connectivity index (χ0) is 20.6. The van der Waals surface area contributed by atoms with Gasteiger partial charge in [0.15, 0.2) is 0 Å². The van der Waals surface area contributed by atoms with Crippen LogP contribution in [0.4, 0.5) is 11.4 Å². The van der Waals surface area contributed by atoms with Crippen molar-refractivity contribution < 1.29 is 9.72 Å². The standard InChI is InChI=1S/C21H23N5O3/c1-2-19-17(14-24-25(19)15-16-8-4-3-5-9-16)21(27)23-13-12-22-18-10-6-7-11-20(18)26(28)29/h3-11,14,22H,2,12-13,15H2,1H3,(H,23,27). The summed E-state index contributed by atoms with van der Waals surface area (Å²) in [6.45, 7) is 3.30. The third kappa shape index (κ3) is 4.98. The summed E-state index contributed by atoms with van der Waals surface area (Å²) >= 11 is 0. The molecule has 0 saturated heterocycles. The summed E-state index contributed by atoms with van der Waals surface area (Å²) in [7, 11) is 0. The smallest absolute Gasteiger partial charge is 0.292 e. The van der Waals surface area contributed by atoms with Gasteiger partial charge in [0.1, 0.15) is 5.69 Å². The number of para-hydroxylation sites is 2. The second kappa shape index (κ2) is 9.50. The highest BCUT2D eigenvalue weighted by Crippen LogP contribution is 2.22. The van der Waals surface area contributed by atoms with Gasteiger partial charge in [-0.15, -0.1) is 0 Å². The summed E-state index contributed by atoms with van der Waals surface area (Å²) in [5.74, 6) is -0.203. The van der Waals surface area contributed by atoms with Crippen molar-refractivity contribution in [2.24, 2.45) is 0 Å². The molecule has 0 aliphatic carbocycles. The predicted octanol–water partition coefficient (Wildman–Crippen LogP) is 3.24. The lowest BCUT2D eigenvalue weighted by molar-refractivity contribution is -0.384. The Balaban J connectivity index is 1.58. The molecule has 1 heterocycles. The third-order valence-corrected chi connectivity index (χ3v) is 4.53. The number of rotatable bonds is 9. The summed E-state index contributed by atoms with van der Waals surface area (Å²) in [5.41, 5.74) is 2.98. The maximum absolute atomic E-state index is 12.6. The number of nitrogens with one attached hydrogen (secondary N) is 2. The number of aromatic nitrogens is 2. The monoisotopic (exact) mass is 393 g/mol. The Labute approximate surface area is 168 Å². The van der Waals surface area contributed by atoms with Gasteiger partial charge >= 0.3 is 0 Å². The van der Waals surface area contributed by atoms with Crippen LogP contribution in [0.25, 0.3) is 0 Å². The number of nitro benzene ring substituents is 1. The lowest BCUT2D eigenvalue weighted by Gasteiger charge is -2.10. The van der Waals surface area contributed by atoms with Crippen molar-refractivity contribution in [1.82, 2.24) is 15.1 Å². The van der Waals surface area contributed by atoms with E-state index in [-0.39, 0.29) is 11.6 Å². The first-order chi connectivity index (χ1) is 14.1. The SMILES string of the molecule is CCc1c(C(=O)NCCNc2ccccc2[N+](=O)[O-])cnn1Cc1ccccc1. The molecule has 0 radical (unpaired) electrons. The van der Waals surface area contributed by atoms with Gasteiger partial charge in [0, 0.05) is 19.2 Å². The maximum atomic E-state index is 12.6. The van der Waals surface area contributed by atoms with E-state index in [0.29, 0.717) is 37.3 Å². The molecule has 3 rings (SSSR count). The number of hydrogen-bond acceptors (Lipinski definition) is 5. The van der Waals surface area contributed by atoms with Gasteiger partial charge in [-0.05, 0) is 18.1 Å². The molecule has 0 spiro atoms. The second-order valence-corrected chi connectivity index (χ2v) is 6.46. The van der Waals surface area contributed by atoms with Crippen molar-refractivity contribution in [3.63, 3.8) is 0 Å². The van der Waals surface area contributed by atoms with Gasteiger partial charge in [-0.25, -0.2) is 0 Å². The van der Waals surface area contributed by atoms with Crippen LogP contribution >= 0.6 is 0 Å². The normalized spacial score (nSPS) is 10.5. The number of carbonyl (C=O) groups is 1. The van der Waals surface area contributed by atoms with Crippen molar-refractivity contribution in [1.29, 1.82) is 0 Å². The Morgan fingerprint density at radius 1 is 1.10 bits per heavy atom. The fourth-order valence-corrected chi connectivity index (χ4v) is 3.12. The molecular formula is C21H23N5O3. The topological polar surface area (TPSA) is 102 Å². The molecule has 0 aliphatic heterocycles. The van der Waals surface area contributed by atoms with E-state index >= 15 is 0 Å². The second-order valence-electron chi connectivity index (χ2n) is 6.46. The predicted molar refractivity (Wildman–Crippen MR) is 111 cm³/mol. The van der Waals surface area contributed by atoms with Crippen LogP contribution in [-0.4, -0.2) is 33.7 Å². The first-order valence-electron chi connectivity index (χ1n) is 9.44. The largest absolute Gasteiger partial charge is 0.378 e. The van der Waals surface area contributed by atoms with Gasteiger partial charge < -0.3 is 10.6 Å². The zero-order valence-electron chi connectivity index (χ0n) is 16.2. The van der Waals surface area contributed by atoms with Crippen LogP contribution in [0.15, 0.2) is 60.8 Å². The van der Waals surface area contributed by atoms with Gasteiger partial charge in [-0.1, -0.05) is 49.4 Å². The molecule has 8 heteroatoms. The summed E-state index contributed by atoms with van der Waals surface area (Å²) in [4.78, 5) is 23.2. The zero-order valence-corrected chi connectivity index (χ0v) is 16.2. The highest BCUT2D eigenvalue weighted by Gasteiger charge is 2.16. The van der Waals surface area contributed by atoms with Crippen LogP contribution in [0.1, 0.15) is 28.5 Å². The number of amides is 1. The first-order valence-corrected chi connectivity index (χ1v) is 9.44. The quantitative estimate of drug-likeness (QED) is 0.330. The highest BCUT2D eigenvalue weighted by molar-refractivity contribution is 5.95. The van der Waals surface area contributed by atoms with Crippen LogP contribution < -0.4 is 10.6 Å². The number of benzene rings is 2. The van der Waals surface area contributed by atoms with Crippen molar-refractivity contribution in [2.45, 2.75) is 19.9 Å². The molecule has 0 atom stereocenters. The number of nitrogens with zero attached hydrogens (tertiary/aromatic N) is 3. The Morgan fingerprint density at radius 3 is 2.55 bits per heavy atom. The van der Waals surface area contributed by atoms with E-state index in [1.54, 1.807) is 24.4 Å². The van der Waals surface area contributed by atoms with Crippen LogP contribution in [0.2, 0.25) is 0 Å². The molecular weight excluding hydrogens is 370 g/mol. The summed E-state index contributed by atoms with van der Waals surface area (Å²) < 4.78 is 1.84. The number of hydrogen-bond donors (Lipinski definition) is 2. The highest BCUT2D eigenvalue weighted by atomic mass is 16.6. The lowest BCUT2D eigenvalue weighted by atomic mass is 10.1. The molecule has 0 fully saturated rings. The molecule has 1 amide bonds. The third-order valence-electron chi connectivity index (χ3n) is 4.53. The minimum Gasteiger partial charge on any atom is -0.378 e. The number of nitro groups is 1. The molecule has 8 nitrogen and oxygen atoms in total. The molecule has 0 saturated carbocycles. The summed E-state index contributed by atoms with van der Waals surface area (Å²) in [5, 5.41) is 21.2. The van der Waals surface area contributed by atoms with Crippen molar-refractivity contribution >= 4 is 17.3 Å². The van der Waals surface area contributed by atoms with Crippen molar-refractivity contribution in [2.75, 3.05) is 18.4 Å². The average molecular weight is 393 g/mol. The maximum Gasteiger partial charge on any atom is 0.292 e. The summed E-state index contributed by atoms with van der Waals surface area (Å²) in [6, 6.07) is 16.4. The summed E-state index contributed by atoms with van der Waals surface area (Å²) in [6.07, 6.45) is 2.27. The Bertz CT molecular complexity index is 985. The van der Waals surface area contributed by atoms with Gasteiger partial charge in [0.25, 0.3) is 11.6 Å². The van der Waals surface area contributed by atoms with Gasteiger partial charge in [-0.2, -0.15) is 5.10 Å². The van der Waals surface area contributed by atoms with E-state index in [4.69, 9.17) is 0 Å². The van der Waals surface area contributed by atoms with Crippen LogP contribution in [0, 0.1) is 10.1 Å². The van der Waals surface area contributed by atoms with Crippen LogP contribution in [-0.2, 0) is 13.0 Å². The first kappa shape index (κ1) is 20.1. The molecule has 0 aliphatic rings. The molecule has 3 aromatic rings. The van der Waals surface area contributed by atoms with Crippen LogP contribution in [0.5, 0.6) is 0 Å². The molecule has 0 unspecified atom stereocenters. The minimum atomic E-state index is -0.435. The Morgan fingerprint density at radius 2 is 1.83 bits per heavy atom. The number of anilines is 1. The van der Waals surface area contributed by atoms with Crippen molar-refractivity contribution in [3.05, 3.63) is 87.7 Å². The Hall–Kier alpha value is -3.68. The fraction of sp³-hybridized carbons (Fsp3) is 0.238. The molecule has 1 aromatic heterocycles. The van der Waals surface area contributed by atoms with E-state index in [0.717, 1.165) is 11.3 Å². The minimum absolute atomic E-state index is 0.00860.